The van der Waals surface area contributed by atoms with Crippen LogP contribution >= 0.6 is 11.3 Å². The molecule has 0 radical (unpaired) electrons. The molecule has 5 heteroatoms. The molecule has 2 aromatic rings. The minimum Gasteiger partial charge on any atom is -0.494 e. The first kappa shape index (κ1) is 14.5. The first-order valence-electron chi connectivity index (χ1n) is 6.63. The number of ether oxygens (including phenoxy) is 1. The van der Waals surface area contributed by atoms with Crippen LogP contribution in [0.2, 0.25) is 0 Å². The molecular formula is C15H18N2O2S. The Morgan fingerprint density at radius 1 is 1.35 bits per heavy atom. The SMILES string of the molecule is CCOc1ccc(CC(=O)NCCc2cncs2)cc1. The molecule has 0 saturated heterocycles. The molecule has 0 fully saturated rings. The van der Waals surface area contributed by atoms with Crippen LogP contribution in [-0.4, -0.2) is 24.0 Å². The maximum absolute atomic E-state index is 11.8. The summed E-state index contributed by atoms with van der Waals surface area (Å²) in [4.78, 5) is 17.0. The summed E-state index contributed by atoms with van der Waals surface area (Å²) in [7, 11) is 0. The number of rotatable bonds is 7. The molecule has 1 N–H and O–H groups in total. The second-order valence-corrected chi connectivity index (χ2v) is 5.29. The van der Waals surface area contributed by atoms with Crippen LogP contribution in [-0.2, 0) is 17.6 Å². The van der Waals surface area contributed by atoms with E-state index in [1.807, 2.05) is 37.4 Å². The molecule has 0 bridgehead atoms. The van der Waals surface area contributed by atoms with Gasteiger partial charge in [-0.15, -0.1) is 11.3 Å². The van der Waals surface area contributed by atoms with E-state index in [2.05, 4.69) is 10.3 Å². The van der Waals surface area contributed by atoms with Gasteiger partial charge in [0.1, 0.15) is 5.75 Å². The number of thiazole rings is 1. The number of carbonyl (C=O) groups excluding carboxylic acids is 1. The fourth-order valence-electron chi connectivity index (χ4n) is 1.81. The lowest BCUT2D eigenvalue weighted by Gasteiger charge is -2.06. The van der Waals surface area contributed by atoms with Crippen molar-refractivity contribution in [1.82, 2.24) is 10.3 Å². The number of nitrogens with zero attached hydrogens (tertiary/aromatic N) is 1. The Balaban J connectivity index is 1.73. The molecule has 0 spiro atoms. The molecule has 1 aromatic carbocycles. The monoisotopic (exact) mass is 290 g/mol. The molecule has 0 aliphatic heterocycles. The quantitative estimate of drug-likeness (QED) is 0.852. The third-order valence-corrected chi connectivity index (χ3v) is 3.62. The molecule has 0 atom stereocenters. The van der Waals surface area contributed by atoms with Crippen LogP contribution in [0, 0.1) is 0 Å². The summed E-state index contributed by atoms with van der Waals surface area (Å²) in [6.07, 6.45) is 3.07. The molecule has 0 aliphatic carbocycles. The first-order valence-corrected chi connectivity index (χ1v) is 7.51. The Hall–Kier alpha value is -1.88. The smallest absolute Gasteiger partial charge is 0.224 e. The second-order valence-electron chi connectivity index (χ2n) is 4.32. The van der Waals surface area contributed by atoms with Gasteiger partial charge in [-0.3, -0.25) is 9.78 Å². The highest BCUT2D eigenvalue weighted by molar-refractivity contribution is 7.09. The van der Waals surface area contributed by atoms with Crippen LogP contribution in [0.3, 0.4) is 0 Å². The van der Waals surface area contributed by atoms with Crippen molar-refractivity contribution in [3.05, 3.63) is 46.4 Å². The summed E-state index contributed by atoms with van der Waals surface area (Å²) in [5.41, 5.74) is 2.79. The van der Waals surface area contributed by atoms with Crippen LogP contribution in [0.4, 0.5) is 0 Å². The average Bonchev–Trinajstić information content (AvgIpc) is 2.94. The van der Waals surface area contributed by atoms with Crippen molar-refractivity contribution in [2.24, 2.45) is 0 Å². The lowest BCUT2D eigenvalue weighted by atomic mass is 10.1. The minimum absolute atomic E-state index is 0.0404. The molecule has 0 saturated carbocycles. The largest absolute Gasteiger partial charge is 0.494 e. The number of hydrogen-bond donors (Lipinski definition) is 1. The van der Waals surface area contributed by atoms with E-state index in [1.54, 1.807) is 16.8 Å². The molecule has 1 amide bonds. The van der Waals surface area contributed by atoms with Crippen molar-refractivity contribution < 1.29 is 9.53 Å². The van der Waals surface area contributed by atoms with Crippen molar-refractivity contribution >= 4 is 17.2 Å². The third-order valence-electron chi connectivity index (χ3n) is 2.78. The van der Waals surface area contributed by atoms with E-state index in [1.165, 1.54) is 4.88 Å². The van der Waals surface area contributed by atoms with Crippen LogP contribution < -0.4 is 10.1 Å². The molecule has 1 heterocycles. The summed E-state index contributed by atoms with van der Waals surface area (Å²) < 4.78 is 5.37. The van der Waals surface area contributed by atoms with Gasteiger partial charge in [-0.05, 0) is 24.6 Å². The highest BCUT2D eigenvalue weighted by atomic mass is 32.1. The number of nitrogens with one attached hydrogen (secondary N) is 1. The lowest BCUT2D eigenvalue weighted by molar-refractivity contribution is -0.120. The number of amides is 1. The molecule has 1 aromatic heterocycles. The standard InChI is InChI=1S/C15H18N2O2S/c1-2-19-13-5-3-12(4-6-13)9-15(18)17-8-7-14-10-16-11-20-14/h3-6,10-11H,2,7-9H2,1H3,(H,17,18). The van der Waals surface area contributed by atoms with Crippen molar-refractivity contribution in [2.45, 2.75) is 19.8 Å². The van der Waals surface area contributed by atoms with E-state index < -0.39 is 0 Å². The summed E-state index contributed by atoms with van der Waals surface area (Å²) >= 11 is 1.61. The second kappa shape index (κ2) is 7.65. The van der Waals surface area contributed by atoms with Crippen molar-refractivity contribution in [1.29, 1.82) is 0 Å². The maximum atomic E-state index is 11.8. The van der Waals surface area contributed by atoms with Crippen LogP contribution in [0.25, 0.3) is 0 Å². The van der Waals surface area contributed by atoms with Gasteiger partial charge in [0.15, 0.2) is 0 Å². The first-order chi connectivity index (χ1) is 9.78. The zero-order valence-corrected chi connectivity index (χ0v) is 12.3. The van der Waals surface area contributed by atoms with Gasteiger partial charge < -0.3 is 10.1 Å². The molecule has 2 rings (SSSR count). The molecule has 106 valence electrons. The fraction of sp³-hybridized carbons (Fsp3) is 0.333. The minimum atomic E-state index is 0.0404. The number of carbonyl (C=O) groups is 1. The van der Waals surface area contributed by atoms with Gasteiger partial charge in [0, 0.05) is 24.0 Å². The molecule has 4 nitrogen and oxygen atoms in total. The van der Waals surface area contributed by atoms with Crippen LogP contribution in [0.1, 0.15) is 17.4 Å². The molecule has 0 unspecified atom stereocenters. The van der Waals surface area contributed by atoms with Gasteiger partial charge in [-0.1, -0.05) is 12.1 Å². The summed E-state index contributed by atoms with van der Waals surface area (Å²) in [6.45, 7) is 3.25. The van der Waals surface area contributed by atoms with Gasteiger partial charge in [0.25, 0.3) is 0 Å². The predicted molar refractivity (Wildman–Crippen MR) is 80.1 cm³/mol. The fourth-order valence-corrected chi connectivity index (χ4v) is 2.41. The topological polar surface area (TPSA) is 51.2 Å². The van der Waals surface area contributed by atoms with Crippen molar-refractivity contribution in [3.8, 4) is 5.75 Å². The normalized spacial score (nSPS) is 10.2. The Morgan fingerprint density at radius 2 is 2.15 bits per heavy atom. The number of aromatic nitrogens is 1. The van der Waals surface area contributed by atoms with E-state index in [4.69, 9.17) is 4.74 Å². The summed E-state index contributed by atoms with van der Waals surface area (Å²) in [5.74, 6) is 0.875. The highest BCUT2D eigenvalue weighted by Crippen LogP contribution is 2.12. The maximum Gasteiger partial charge on any atom is 0.224 e. The Morgan fingerprint density at radius 3 is 2.80 bits per heavy atom. The Bertz CT molecular complexity index is 523. The third kappa shape index (κ3) is 4.66. The van der Waals surface area contributed by atoms with Crippen LogP contribution in [0.15, 0.2) is 36.0 Å². The van der Waals surface area contributed by atoms with Gasteiger partial charge in [-0.2, -0.15) is 0 Å². The Kier molecular flexibility index (Phi) is 5.55. The van der Waals surface area contributed by atoms with E-state index in [9.17, 15) is 4.79 Å². The van der Waals surface area contributed by atoms with E-state index in [-0.39, 0.29) is 5.91 Å². The van der Waals surface area contributed by atoms with E-state index in [0.29, 0.717) is 19.6 Å². The lowest BCUT2D eigenvalue weighted by Crippen LogP contribution is -2.27. The van der Waals surface area contributed by atoms with Crippen molar-refractivity contribution in [3.63, 3.8) is 0 Å². The predicted octanol–water partition coefficient (Wildman–Crippen LogP) is 2.44. The van der Waals surface area contributed by atoms with E-state index in [0.717, 1.165) is 17.7 Å². The zero-order valence-electron chi connectivity index (χ0n) is 11.5. The summed E-state index contributed by atoms with van der Waals surface area (Å²) in [5, 5.41) is 2.92. The molecular weight excluding hydrogens is 272 g/mol. The number of benzene rings is 1. The molecule has 0 aliphatic rings. The highest BCUT2D eigenvalue weighted by Gasteiger charge is 2.04. The Labute approximate surface area is 122 Å². The van der Waals surface area contributed by atoms with Gasteiger partial charge in [0.2, 0.25) is 5.91 Å². The van der Waals surface area contributed by atoms with Gasteiger partial charge >= 0.3 is 0 Å². The van der Waals surface area contributed by atoms with Crippen LogP contribution in [0.5, 0.6) is 5.75 Å². The molecule has 20 heavy (non-hydrogen) atoms. The van der Waals surface area contributed by atoms with E-state index >= 15 is 0 Å². The van der Waals surface area contributed by atoms with Gasteiger partial charge in [-0.25, -0.2) is 0 Å². The van der Waals surface area contributed by atoms with Crippen molar-refractivity contribution in [2.75, 3.05) is 13.2 Å². The average molecular weight is 290 g/mol. The summed E-state index contributed by atoms with van der Waals surface area (Å²) in [6, 6.07) is 7.63. The van der Waals surface area contributed by atoms with Gasteiger partial charge in [0.05, 0.1) is 18.5 Å². The zero-order chi connectivity index (χ0) is 14.2. The number of hydrogen-bond acceptors (Lipinski definition) is 4.